The van der Waals surface area contributed by atoms with E-state index in [-0.39, 0.29) is 11.5 Å². The number of ether oxygens (including phenoxy) is 1. The maximum atomic E-state index is 13.9. The third kappa shape index (κ3) is 5.54. The molecular formula is C30H32ClN3O3. The number of para-hydroxylation sites is 3. The second-order valence-corrected chi connectivity index (χ2v) is 9.30. The summed E-state index contributed by atoms with van der Waals surface area (Å²) in [6.45, 7) is 6.90. The van der Waals surface area contributed by atoms with Crippen molar-refractivity contribution >= 4 is 28.4 Å². The van der Waals surface area contributed by atoms with Crippen molar-refractivity contribution in [1.82, 2.24) is 14.5 Å². The highest BCUT2D eigenvalue weighted by Gasteiger charge is 2.29. The average molecular weight is 518 g/mol. The minimum atomic E-state index is -0.521. The van der Waals surface area contributed by atoms with Gasteiger partial charge in [-0.3, -0.25) is 14.2 Å². The molecule has 1 heterocycles. The fourth-order valence-electron chi connectivity index (χ4n) is 4.51. The van der Waals surface area contributed by atoms with Gasteiger partial charge in [-0.1, -0.05) is 67.8 Å². The van der Waals surface area contributed by atoms with Crippen LogP contribution < -0.4 is 10.3 Å². The minimum Gasteiger partial charge on any atom is -0.492 e. The first-order valence-corrected chi connectivity index (χ1v) is 13.1. The fraction of sp³-hybridized carbons (Fsp3) is 0.300. The van der Waals surface area contributed by atoms with Gasteiger partial charge in [0.25, 0.3) is 11.5 Å². The molecule has 192 valence electrons. The van der Waals surface area contributed by atoms with Crippen molar-refractivity contribution < 1.29 is 9.53 Å². The van der Waals surface area contributed by atoms with Gasteiger partial charge < -0.3 is 9.64 Å². The molecule has 0 bridgehead atoms. The molecule has 1 unspecified atom stereocenters. The van der Waals surface area contributed by atoms with Crippen LogP contribution in [0.5, 0.6) is 5.75 Å². The topological polar surface area (TPSA) is 64.4 Å². The van der Waals surface area contributed by atoms with E-state index in [1.807, 2.05) is 56.3 Å². The van der Waals surface area contributed by atoms with E-state index in [9.17, 15) is 9.59 Å². The lowest BCUT2D eigenvalue weighted by molar-refractivity contribution is 0.0677. The van der Waals surface area contributed by atoms with Crippen LogP contribution in [0, 0.1) is 0 Å². The largest absolute Gasteiger partial charge is 0.492 e. The van der Waals surface area contributed by atoms with Crippen LogP contribution in [0.15, 0.2) is 77.6 Å². The van der Waals surface area contributed by atoms with Crippen molar-refractivity contribution in [3.63, 3.8) is 0 Å². The lowest BCUT2D eigenvalue weighted by Crippen LogP contribution is -2.38. The maximum absolute atomic E-state index is 13.9. The first-order valence-electron chi connectivity index (χ1n) is 12.8. The summed E-state index contributed by atoms with van der Waals surface area (Å²) in [5.74, 6) is 0.849. The molecule has 0 aliphatic heterocycles. The average Bonchev–Trinajstić information content (AvgIpc) is 2.91. The molecule has 1 aromatic heterocycles. The first-order chi connectivity index (χ1) is 18.0. The normalized spacial score (nSPS) is 11.9. The zero-order chi connectivity index (χ0) is 26.4. The monoisotopic (exact) mass is 517 g/mol. The lowest BCUT2D eigenvalue weighted by atomic mass is 10.1. The molecule has 3 aromatic carbocycles. The molecule has 0 radical (unpaired) electrons. The number of hydrogen-bond donors (Lipinski definition) is 0. The van der Waals surface area contributed by atoms with Crippen molar-refractivity contribution in [1.29, 1.82) is 0 Å². The summed E-state index contributed by atoms with van der Waals surface area (Å²) in [7, 11) is 0. The van der Waals surface area contributed by atoms with E-state index >= 15 is 0 Å². The molecule has 1 atom stereocenters. The van der Waals surface area contributed by atoms with Crippen LogP contribution in [0.4, 0.5) is 0 Å². The van der Waals surface area contributed by atoms with Crippen LogP contribution in [0.2, 0.25) is 5.02 Å². The second-order valence-electron chi connectivity index (χ2n) is 8.89. The summed E-state index contributed by atoms with van der Waals surface area (Å²) in [5, 5.41) is 0.894. The number of fused-ring (bicyclic) bond motifs is 1. The van der Waals surface area contributed by atoms with Crippen LogP contribution in [0.3, 0.4) is 0 Å². The summed E-state index contributed by atoms with van der Waals surface area (Å²) < 4.78 is 7.47. The van der Waals surface area contributed by atoms with Gasteiger partial charge in [0.2, 0.25) is 0 Å². The van der Waals surface area contributed by atoms with Crippen LogP contribution in [-0.2, 0) is 0 Å². The van der Waals surface area contributed by atoms with Gasteiger partial charge in [-0.25, -0.2) is 4.98 Å². The van der Waals surface area contributed by atoms with E-state index in [1.165, 1.54) is 0 Å². The van der Waals surface area contributed by atoms with Gasteiger partial charge in [0.05, 0.1) is 39.8 Å². The van der Waals surface area contributed by atoms with Gasteiger partial charge in [0, 0.05) is 6.54 Å². The zero-order valence-electron chi connectivity index (χ0n) is 21.5. The highest BCUT2D eigenvalue weighted by atomic mass is 35.5. The summed E-state index contributed by atoms with van der Waals surface area (Å²) in [6.07, 6.45) is 2.82. The molecular weight excluding hydrogens is 486 g/mol. The van der Waals surface area contributed by atoms with Crippen molar-refractivity contribution in [3.8, 4) is 11.4 Å². The van der Waals surface area contributed by atoms with E-state index in [1.54, 1.807) is 39.8 Å². The summed E-state index contributed by atoms with van der Waals surface area (Å²) in [4.78, 5) is 34.5. The van der Waals surface area contributed by atoms with Gasteiger partial charge >= 0.3 is 0 Å². The Morgan fingerprint density at radius 2 is 1.70 bits per heavy atom. The number of rotatable bonds is 10. The Hall–Kier alpha value is -3.64. The molecule has 0 spiro atoms. The Kier molecular flexibility index (Phi) is 8.62. The minimum absolute atomic E-state index is 0.193. The van der Waals surface area contributed by atoms with E-state index < -0.39 is 6.04 Å². The Morgan fingerprint density at radius 1 is 1.00 bits per heavy atom. The smallest absolute Gasteiger partial charge is 0.266 e. The summed E-state index contributed by atoms with van der Waals surface area (Å²) >= 11 is 6.43. The number of carbonyl (C=O) groups is 1. The Balaban J connectivity index is 1.93. The Morgan fingerprint density at radius 3 is 2.46 bits per heavy atom. The van der Waals surface area contributed by atoms with E-state index in [0.717, 1.165) is 19.3 Å². The SMILES string of the molecule is CCCCCN(C(=O)c1ccccc1Cl)C(C)c1nc2ccccc2c(=O)n1-c1ccccc1OCC. The highest BCUT2D eigenvalue weighted by molar-refractivity contribution is 6.33. The lowest BCUT2D eigenvalue weighted by Gasteiger charge is -2.31. The first kappa shape index (κ1) is 26.4. The van der Waals surface area contributed by atoms with Crippen molar-refractivity contribution in [2.45, 2.75) is 46.1 Å². The molecule has 37 heavy (non-hydrogen) atoms. The van der Waals surface area contributed by atoms with Crippen molar-refractivity contribution in [2.75, 3.05) is 13.2 Å². The van der Waals surface area contributed by atoms with Crippen LogP contribution in [0.1, 0.15) is 62.3 Å². The molecule has 0 aliphatic rings. The second kappa shape index (κ2) is 12.1. The van der Waals surface area contributed by atoms with Crippen molar-refractivity contribution in [2.24, 2.45) is 0 Å². The third-order valence-corrected chi connectivity index (χ3v) is 6.75. The molecule has 0 saturated carbocycles. The van der Waals surface area contributed by atoms with E-state index in [0.29, 0.717) is 51.9 Å². The molecule has 0 saturated heterocycles. The molecule has 4 aromatic rings. The van der Waals surface area contributed by atoms with Crippen LogP contribution in [0.25, 0.3) is 16.6 Å². The van der Waals surface area contributed by atoms with Gasteiger partial charge in [-0.2, -0.15) is 0 Å². The molecule has 6 nitrogen and oxygen atoms in total. The number of hydrogen-bond acceptors (Lipinski definition) is 4. The number of carbonyl (C=O) groups excluding carboxylic acids is 1. The highest BCUT2D eigenvalue weighted by Crippen LogP contribution is 2.30. The van der Waals surface area contributed by atoms with Crippen LogP contribution in [-0.4, -0.2) is 33.5 Å². The number of aromatic nitrogens is 2. The van der Waals surface area contributed by atoms with Crippen LogP contribution >= 0.6 is 11.6 Å². The molecule has 1 amide bonds. The molecule has 0 fully saturated rings. The number of halogens is 1. The van der Waals surface area contributed by atoms with Gasteiger partial charge in [-0.05, 0) is 56.7 Å². The third-order valence-electron chi connectivity index (χ3n) is 6.42. The molecule has 4 rings (SSSR count). The quantitative estimate of drug-likeness (QED) is 0.216. The van der Waals surface area contributed by atoms with E-state index in [2.05, 4.69) is 6.92 Å². The fourth-order valence-corrected chi connectivity index (χ4v) is 4.73. The van der Waals surface area contributed by atoms with Gasteiger partial charge in [0.15, 0.2) is 0 Å². The Labute approximate surface area is 222 Å². The predicted molar refractivity (Wildman–Crippen MR) is 149 cm³/mol. The van der Waals surface area contributed by atoms with Gasteiger partial charge in [-0.15, -0.1) is 0 Å². The zero-order valence-corrected chi connectivity index (χ0v) is 22.2. The molecule has 0 aliphatic carbocycles. The van der Waals surface area contributed by atoms with Gasteiger partial charge in [0.1, 0.15) is 11.6 Å². The molecule has 7 heteroatoms. The maximum Gasteiger partial charge on any atom is 0.266 e. The Bertz CT molecular complexity index is 1450. The molecule has 0 N–H and O–H groups in total. The standard InChI is InChI=1S/C30H32ClN3O3/c1-4-6-13-20-33(29(35)22-14-7-9-16-24(22)31)21(3)28-32-25-17-10-8-15-23(25)30(36)34(28)26-18-11-12-19-27(26)37-5-2/h7-12,14-19,21H,4-6,13,20H2,1-3H3. The number of benzene rings is 3. The number of amides is 1. The number of unbranched alkanes of at least 4 members (excludes halogenated alkanes) is 2. The number of nitrogens with zero attached hydrogens (tertiary/aromatic N) is 3. The van der Waals surface area contributed by atoms with E-state index in [4.69, 9.17) is 21.3 Å². The predicted octanol–water partition coefficient (Wildman–Crippen LogP) is 6.83. The summed E-state index contributed by atoms with van der Waals surface area (Å²) in [5.41, 5.74) is 1.39. The summed E-state index contributed by atoms with van der Waals surface area (Å²) in [6, 6.07) is 21.2. The van der Waals surface area contributed by atoms with Crippen molar-refractivity contribution in [3.05, 3.63) is 99.6 Å².